The van der Waals surface area contributed by atoms with E-state index >= 15 is 0 Å². The van der Waals surface area contributed by atoms with Crippen LogP contribution in [0.5, 0.6) is 0 Å². The van der Waals surface area contributed by atoms with Gasteiger partial charge in [-0.3, -0.25) is 14.5 Å². The molecule has 0 bridgehead atoms. The summed E-state index contributed by atoms with van der Waals surface area (Å²) in [4.78, 5) is 24.7. The summed E-state index contributed by atoms with van der Waals surface area (Å²) in [6, 6.07) is 6.81. The zero-order chi connectivity index (χ0) is 11.9. The minimum atomic E-state index is -0.417. The van der Waals surface area contributed by atoms with Gasteiger partial charge in [0.05, 0.1) is 11.1 Å². The molecule has 0 aliphatic carbocycles. The number of carbonyl (C=O) groups excluding carboxylic acids is 2. The highest BCUT2D eigenvalue weighted by Crippen LogP contribution is 2.31. The molecule has 84 valence electrons. The van der Waals surface area contributed by atoms with Crippen molar-refractivity contribution in [3.05, 3.63) is 35.4 Å². The minimum absolute atomic E-state index is 0.192. The summed E-state index contributed by atoms with van der Waals surface area (Å²) >= 11 is 9.85. The van der Waals surface area contributed by atoms with Crippen LogP contribution < -0.4 is 0 Å². The highest BCUT2D eigenvalue weighted by Gasteiger charge is 2.40. The van der Waals surface area contributed by atoms with E-state index in [-0.39, 0.29) is 15.6 Å². The fourth-order valence-electron chi connectivity index (χ4n) is 1.54. The van der Waals surface area contributed by atoms with E-state index in [1.165, 1.54) is 4.90 Å². The number of imide groups is 1. The fraction of sp³-hybridized carbons (Fsp3) is 0.200. The van der Waals surface area contributed by atoms with Gasteiger partial charge in [-0.15, -0.1) is 0 Å². The molecule has 1 unspecified atom stereocenters. The van der Waals surface area contributed by atoms with E-state index in [1.807, 2.05) is 0 Å². The third-order valence-corrected chi connectivity index (χ3v) is 5.64. The molecular weight excluding hydrogens is 406 g/mol. The maximum atomic E-state index is 12.0. The molecule has 1 heterocycles. The first-order valence-corrected chi connectivity index (χ1v) is 7.18. The van der Waals surface area contributed by atoms with Gasteiger partial charge in [-0.1, -0.05) is 59.9 Å². The van der Waals surface area contributed by atoms with Gasteiger partial charge in [0.1, 0.15) is 8.69 Å². The molecular formula is C10H6Br3NO2. The predicted molar refractivity (Wildman–Crippen MR) is 71.3 cm³/mol. The van der Waals surface area contributed by atoms with Gasteiger partial charge >= 0.3 is 0 Å². The van der Waals surface area contributed by atoms with Crippen molar-refractivity contribution >= 4 is 59.6 Å². The summed E-state index contributed by atoms with van der Waals surface area (Å²) in [6.45, 7) is 0. The highest BCUT2D eigenvalue weighted by atomic mass is 79.9. The molecule has 0 fully saturated rings. The molecule has 0 radical (unpaired) electrons. The van der Waals surface area contributed by atoms with E-state index in [0.29, 0.717) is 11.1 Å². The standard InChI is InChI=1S/C10H6Br3NO2/c11-7(12)8(13)14-9(15)5-3-1-2-4-6(5)10(14)16/h1-4,7-8H. The van der Waals surface area contributed by atoms with Crippen LogP contribution in [0.15, 0.2) is 24.3 Å². The summed E-state index contributed by atoms with van der Waals surface area (Å²) in [5.74, 6) is -0.544. The number of hydrogen-bond acceptors (Lipinski definition) is 2. The number of halogens is 3. The molecule has 1 aliphatic heterocycles. The van der Waals surface area contributed by atoms with Crippen molar-refractivity contribution in [3.8, 4) is 0 Å². The van der Waals surface area contributed by atoms with Gasteiger partial charge in [-0.2, -0.15) is 0 Å². The predicted octanol–water partition coefficient (Wildman–Crippen LogP) is 3.12. The number of alkyl halides is 3. The van der Waals surface area contributed by atoms with Crippen molar-refractivity contribution < 1.29 is 9.59 Å². The van der Waals surface area contributed by atoms with Crippen LogP contribution in [0.1, 0.15) is 20.7 Å². The molecule has 1 aromatic carbocycles. The lowest BCUT2D eigenvalue weighted by Crippen LogP contribution is -2.39. The molecule has 6 heteroatoms. The summed E-state index contributed by atoms with van der Waals surface area (Å²) in [5, 5.41) is 0. The van der Waals surface area contributed by atoms with E-state index in [0.717, 1.165) is 0 Å². The number of carbonyl (C=O) groups is 2. The zero-order valence-corrected chi connectivity index (χ0v) is 12.6. The highest BCUT2D eigenvalue weighted by molar-refractivity contribution is 9.25. The van der Waals surface area contributed by atoms with E-state index < -0.39 is 4.95 Å². The van der Waals surface area contributed by atoms with E-state index in [4.69, 9.17) is 0 Å². The van der Waals surface area contributed by atoms with Crippen LogP contribution >= 0.6 is 47.8 Å². The van der Waals surface area contributed by atoms with Crippen molar-refractivity contribution in [1.82, 2.24) is 4.90 Å². The van der Waals surface area contributed by atoms with Crippen molar-refractivity contribution in [3.63, 3.8) is 0 Å². The van der Waals surface area contributed by atoms with Gasteiger partial charge < -0.3 is 0 Å². The average molecular weight is 412 g/mol. The first kappa shape index (κ1) is 12.3. The average Bonchev–Trinajstić information content (AvgIpc) is 2.52. The van der Waals surface area contributed by atoms with Gasteiger partial charge in [0.15, 0.2) is 0 Å². The number of hydrogen-bond donors (Lipinski definition) is 0. The minimum Gasteiger partial charge on any atom is -0.269 e. The molecule has 0 N–H and O–H groups in total. The first-order valence-electron chi connectivity index (χ1n) is 4.43. The topological polar surface area (TPSA) is 37.4 Å². The molecule has 0 saturated heterocycles. The summed E-state index contributed by atoms with van der Waals surface area (Å²) < 4.78 is -0.192. The van der Waals surface area contributed by atoms with E-state index in [2.05, 4.69) is 47.8 Å². The molecule has 0 saturated carbocycles. The number of fused-ring (bicyclic) bond motifs is 1. The number of benzene rings is 1. The Morgan fingerprint density at radius 3 is 1.75 bits per heavy atom. The van der Waals surface area contributed by atoms with Crippen LogP contribution in [-0.4, -0.2) is 25.4 Å². The third kappa shape index (κ3) is 1.87. The lowest BCUT2D eigenvalue weighted by atomic mass is 10.1. The lowest BCUT2D eigenvalue weighted by Gasteiger charge is -2.21. The maximum absolute atomic E-state index is 12.0. The van der Waals surface area contributed by atoms with Gasteiger partial charge in [0.25, 0.3) is 11.8 Å². The lowest BCUT2D eigenvalue weighted by molar-refractivity contribution is 0.0649. The molecule has 0 spiro atoms. The second kappa shape index (κ2) is 4.58. The molecule has 2 rings (SSSR count). The van der Waals surface area contributed by atoms with Crippen LogP contribution in [0.25, 0.3) is 0 Å². The molecule has 1 atom stereocenters. The van der Waals surface area contributed by atoms with Crippen LogP contribution in [0, 0.1) is 0 Å². The maximum Gasteiger partial charge on any atom is 0.262 e. The number of rotatable bonds is 2. The Labute approximate surface area is 118 Å². The van der Waals surface area contributed by atoms with E-state index in [9.17, 15) is 9.59 Å². The van der Waals surface area contributed by atoms with Crippen molar-refractivity contribution in [2.45, 2.75) is 8.69 Å². The monoisotopic (exact) mass is 409 g/mol. The normalized spacial score (nSPS) is 16.9. The molecule has 2 amide bonds. The van der Waals surface area contributed by atoms with Gasteiger partial charge in [-0.25, -0.2) is 0 Å². The Kier molecular flexibility index (Phi) is 3.51. The Bertz CT molecular complexity index is 426. The van der Waals surface area contributed by atoms with Crippen LogP contribution in [0.4, 0.5) is 0 Å². The van der Waals surface area contributed by atoms with Crippen molar-refractivity contribution in [2.24, 2.45) is 0 Å². The first-order chi connectivity index (χ1) is 7.54. The molecule has 16 heavy (non-hydrogen) atoms. The Morgan fingerprint density at radius 1 is 0.938 bits per heavy atom. The van der Waals surface area contributed by atoms with Gasteiger partial charge in [-0.05, 0) is 12.1 Å². The van der Waals surface area contributed by atoms with Crippen molar-refractivity contribution in [2.75, 3.05) is 0 Å². The molecule has 3 nitrogen and oxygen atoms in total. The number of amides is 2. The smallest absolute Gasteiger partial charge is 0.262 e. The Hall–Kier alpha value is -0.200. The van der Waals surface area contributed by atoms with Crippen molar-refractivity contribution in [1.29, 1.82) is 0 Å². The fourth-order valence-corrected chi connectivity index (χ4v) is 2.39. The second-order valence-corrected chi connectivity index (χ2v) is 7.37. The second-order valence-electron chi connectivity index (χ2n) is 3.23. The van der Waals surface area contributed by atoms with Crippen LogP contribution in [0.2, 0.25) is 0 Å². The van der Waals surface area contributed by atoms with E-state index in [1.54, 1.807) is 24.3 Å². The molecule has 1 aliphatic rings. The zero-order valence-electron chi connectivity index (χ0n) is 7.86. The number of nitrogens with zero attached hydrogens (tertiary/aromatic N) is 1. The quantitative estimate of drug-likeness (QED) is 0.426. The van der Waals surface area contributed by atoms with Crippen LogP contribution in [0.3, 0.4) is 0 Å². The summed E-state index contributed by atoms with van der Waals surface area (Å²) in [5.41, 5.74) is 0.912. The molecule has 0 aromatic heterocycles. The van der Waals surface area contributed by atoms with Gasteiger partial charge in [0, 0.05) is 0 Å². The third-order valence-electron chi connectivity index (χ3n) is 2.28. The SMILES string of the molecule is O=C1c2ccccc2C(=O)N1C(Br)C(Br)Br. The Balaban J connectivity index is 2.43. The van der Waals surface area contributed by atoms with Crippen LogP contribution in [-0.2, 0) is 0 Å². The molecule has 1 aromatic rings. The summed E-state index contributed by atoms with van der Waals surface area (Å²) in [7, 11) is 0. The largest absolute Gasteiger partial charge is 0.269 e. The van der Waals surface area contributed by atoms with Gasteiger partial charge in [0.2, 0.25) is 0 Å². The Morgan fingerprint density at radius 2 is 1.38 bits per heavy atom. The summed E-state index contributed by atoms with van der Waals surface area (Å²) in [6.07, 6.45) is 0.